The second-order valence-electron chi connectivity index (χ2n) is 7.51. The standard InChI is InChI=1S/C23H22N4O4/c1-14-18(3-2-4-19(14)24)23(30)27-12-17(28)9-20(27)22(29)26-10-15-5-7-16(8-6-15)21-11-25-13-31-21/h4-8,11,13,17,20,28H,9-10,12,24H2,1H3,(H,26,29)/t17-,20+/m1/s1. The van der Waals surface area contributed by atoms with E-state index in [4.69, 9.17) is 10.2 Å². The average Bonchev–Trinajstić information content (AvgIpc) is 3.44. The Bertz CT molecular complexity index is 1130. The topological polar surface area (TPSA) is 122 Å². The molecule has 0 bridgehead atoms. The minimum absolute atomic E-state index is 0.0743. The van der Waals surface area contributed by atoms with Gasteiger partial charge >= 0.3 is 0 Å². The zero-order chi connectivity index (χ0) is 22.0. The maximum atomic E-state index is 13.0. The van der Waals surface area contributed by atoms with E-state index in [0.29, 0.717) is 23.6 Å². The number of amides is 2. The zero-order valence-electron chi connectivity index (χ0n) is 17.0. The van der Waals surface area contributed by atoms with Crippen LogP contribution in [0.1, 0.15) is 18.9 Å². The number of nitrogens with two attached hydrogens (primary N) is 1. The Balaban J connectivity index is 1.43. The van der Waals surface area contributed by atoms with Gasteiger partial charge in [-0.2, -0.15) is 0 Å². The fourth-order valence-electron chi connectivity index (χ4n) is 3.63. The van der Waals surface area contributed by atoms with Crippen molar-refractivity contribution >= 4 is 11.8 Å². The van der Waals surface area contributed by atoms with Crippen molar-refractivity contribution in [1.29, 1.82) is 0 Å². The van der Waals surface area contributed by atoms with Crippen molar-refractivity contribution in [3.05, 3.63) is 76.8 Å². The molecular formula is C23H22N4O4. The molecule has 0 unspecified atom stereocenters. The molecule has 8 nitrogen and oxygen atoms in total. The highest BCUT2D eigenvalue weighted by molar-refractivity contribution is 6.01. The van der Waals surface area contributed by atoms with Crippen molar-refractivity contribution in [2.24, 2.45) is 5.73 Å². The quantitative estimate of drug-likeness (QED) is 0.631. The molecule has 1 aliphatic heterocycles. The van der Waals surface area contributed by atoms with Gasteiger partial charge in [-0.25, -0.2) is 4.98 Å². The van der Waals surface area contributed by atoms with Gasteiger partial charge in [0.05, 0.1) is 17.9 Å². The van der Waals surface area contributed by atoms with Crippen LogP contribution in [-0.4, -0.2) is 45.5 Å². The first kappa shape index (κ1) is 20.4. The minimum atomic E-state index is -0.773. The van der Waals surface area contributed by atoms with Crippen molar-refractivity contribution in [2.45, 2.75) is 32.0 Å². The molecule has 4 N–H and O–H groups in total. The van der Waals surface area contributed by atoms with Crippen LogP contribution in [0, 0.1) is 0 Å². The second-order valence-corrected chi connectivity index (χ2v) is 7.51. The first-order valence-electron chi connectivity index (χ1n) is 9.87. The molecule has 1 saturated heterocycles. The number of aromatic nitrogens is 1. The number of hydrogen-bond donors (Lipinski definition) is 3. The summed E-state index contributed by atoms with van der Waals surface area (Å²) in [5.41, 5.74) is 14.4. The summed E-state index contributed by atoms with van der Waals surface area (Å²) in [5, 5.41) is 13.0. The number of oxazole rings is 1. The molecule has 2 aromatic rings. The predicted molar refractivity (Wildman–Crippen MR) is 112 cm³/mol. The molecule has 4 rings (SSSR count). The summed E-state index contributed by atoms with van der Waals surface area (Å²) in [6, 6.07) is 6.75. The zero-order valence-corrected chi connectivity index (χ0v) is 17.0. The van der Waals surface area contributed by atoms with Gasteiger partial charge in [-0.3, -0.25) is 9.59 Å². The van der Waals surface area contributed by atoms with E-state index in [1.54, 1.807) is 19.2 Å². The number of aliphatic hydroxyl groups is 1. The Morgan fingerprint density at radius 3 is 2.84 bits per heavy atom. The summed E-state index contributed by atoms with van der Waals surface area (Å²) in [6.07, 6.45) is 3.94. The lowest BCUT2D eigenvalue weighted by Crippen LogP contribution is -2.46. The van der Waals surface area contributed by atoms with E-state index in [1.807, 2.05) is 24.3 Å². The van der Waals surface area contributed by atoms with Crippen LogP contribution in [0.4, 0.5) is 0 Å². The highest BCUT2D eigenvalue weighted by Crippen LogP contribution is 2.25. The summed E-state index contributed by atoms with van der Waals surface area (Å²) in [7, 11) is 0. The first-order chi connectivity index (χ1) is 14.9. The van der Waals surface area contributed by atoms with Gasteiger partial charge in [0, 0.05) is 36.8 Å². The van der Waals surface area contributed by atoms with Crippen LogP contribution in [0.25, 0.3) is 11.3 Å². The van der Waals surface area contributed by atoms with Gasteiger partial charge in [0.25, 0.3) is 5.91 Å². The van der Waals surface area contributed by atoms with Crippen molar-refractivity contribution in [3.8, 4) is 11.3 Å². The number of rotatable bonds is 5. The number of allylic oxidation sites excluding steroid dienone is 1. The molecule has 31 heavy (non-hydrogen) atoms. The van der Waals surface area contributed by atoms with Gasteiger partial charge in [0.1, 0.15) is 6.04 Å². The number of β-amino-alcohol motifs (C(OH)–C–C–N with tert-alkyl or cyclic N) is 1. The summed E-state index contributed by atoms with van der Waals surface area (Å²) in [5.74, 6) is -0.0560. The lowest BCUT2D eigenvalue weighted by atomic mass is 10.0. The molecule has 0 radical (unpaired) electrons. The van der Waals surface area contributed by atoms with Crippen LogP contribution in [-0.2, 0) is 16.1 Å². The Morgan fingerprint density at radius 1 is 1.35 bits per heavy atom. The average molecular weight is 418 g/mol. The Hall–Kier alpha value is -3.83. The van der Waals surface area contributed by atoms with Gasteiger partial charge in [-0.05, 0) is 18.1 Å². The monoisotopic (exact) mass is 418 g/mol. The van der Waals surface area contributed by atoms with Crippen LogP contribution in [0.5, 0.6) is 0 Å². The second kappa shape index (κ2) is 8.50. The molecule has 2 atom stereocenters. The Kier molecular flexibility index (Phi) is 5.60. The normalized spacial score (nSPS) is 20.2. The summed E-state index contributed by atoms with van der Waals surface area (Å²) >= 11 is 0. The van der Waals surface area contributed by atoms with Crippen LogP contribution >= 0.6 is 0 Å². The minimum Gasteiger partial charge on any atom is -0.444 e. The molecule has 1 aromatic carbocycles. The van der Waals surface area contributed by atoms with Gasteiger partial charge in [-0.1, -0.05) is 35.7 Å². The molecule has 0 spiro atoms. The number of nitrogens with zero attached hydrogens (tertiary/aromatic N) is 2. The molecule has 2 heterocycles. The lowest BCUT2D eigenvalue weighted by molar-refractivity contribution is -0.135. The van der Waals surface area contributed by atoms with Crippen molar-refractivity contribution in [1.82, 2.24) is 15.2 Å². The maximum absolute atomic E-state index is 13.0. The SMILES string of the molecule is CC1=C(N)C=C=C=C1C(=O)N1C[C@H](O)C[C@H]1C(=O)NCc1ccc(-c2cnco2)cc1. The van der Waals surface area contributed by atoms with Gasteiger partial charge in [0.2, 0.25) is 5.91 Å². The maximum Gasteiger partial charge on any atom is 0.263 e. The number of carbonyl (C=O) groups is 2. The molecule has 2 aliphatic rings. The van der Waals surface area contributed by atoms with E-state index in [9.17, 15) is 14.7 Å². The molecular weight excluding hydrogens is 396 g/mol. The van der Waals surface area contributed by atoms with E-state index in [0.717, 1.165) is 11.1 Å². The number of nitrogens with one attached hydrogen (secondary N) is 1. The molecule has 1 fully saturated rings. The molecule has 158 valence electrons. The number of likely N-dealkylation sites (tertiary alicyclic amines) is 1. The van der Waals surface area contributed by atoms with Crippen molar-refractivity contribution in [2.75, 3.05) is 6.54 Å². The van der Waals surface area contributed by atoms with Crippen LogP contribution < -0.4 is 11.1 Å². The largest absolute Gasteiger partial charge is 0.444 e. The summed E-state index contributed by atoms with van der Waals surface area (Å²) in [4.78, 5) is 31.1. The smallest absolute Gasteiger partial charge is 0.263 e. The summed E-state index contributed by atoms with van der Waals surface area (Å²) < 4.78 is 5.27. The van der Waals surface area contributed by atoms with E-state index in [2.05, 4.69) is 21.8 Å². The highest BCUT2D eigenvalue weighted by Gasteiger charge is 2.40. The van der Waals surface area contributed by atoms with E-state index in [1.165, 1.54) is 11.3 Å². The number of benzene rings is 1. The highest BCUT2D eigenvalue weighted by atomic mass is 16.3. The van der Waals surface area contributed by atoms with E-state index >= 15 is 0 Å². The molecule has 1 aromatic heterocycles. The lowest BCUT2D eigenvalue weighted by Gasteiger charge is -2.25. The number of carbonyl (C=O) groups excluding carboxylic acids is 2. The van der Waals surface area contributed by atoms with Crippen molar-refractivity contribution < 1.29 is 19.1 Å². The third kappa shape index (κ3) is 4.22. The predicted octanol–water partition coefficient (Wildman–Crippen LogP) is 1.40. The fraction of sp³-hybridized carbons (Fsp3) is 0.261. The van der Waals surface area contributed by atoms with Gasteiger partial charge in [0.15, 0.2) is 12.2 Å². The van der Waals surface area contributed by atoms with Crippen LogP contribution in [0.2, 0.25) is 0 Å². The van der Waals surface area contributed by atoms with Gasteiger partial charge in [-0.15, -0.1) is 0 Å². The Morgan fingerprint density at radius 2 is 2.13 bits per heavy atom. The van der Waals surface area contributed by atoms with E-state index < -0.39 is 18.1 Å². The molecule has 8 heteroatoms. The Labute approximate surface area is 179 Å². The molecule has 2 amide bonds. The number of aliphatic hydroxyl groups excluding tert-OH is 1. The van der Waals surface area contributed by atoms with Crippen LogP contribution in [0.15, 0.2) is 75.7 Å². The van der Waals surface area contributed by atoms with Crippen molar-refractivity contribution in [3.63, 3.8) is 0 Å². The molecule has 1 aliphatic carbocycles. The third-order valence-electron chi connectivity index (χ3n) is 5.43. The summed E-state index contributed by atoms with van der Waals surface area (Å²) in [6.45, 7) is 2.09. The van der Waals surface area contributed by atoms with Crippen LogP contribution in [0.3, 0.4) is 0 Å². The molecule has 0 saturated carbocycles. The number of hydrogen-bond acceptors (Lipinski definition) is 6. The first-order valence-corrected chi connectivity index (χ1v) is 9.87. The fourth-order valence-corrected chi connectivity index (χ4v) is 3.63. The van der Waals surface area contributed by atoms with Gasteiger partial charge < -0.3 is 25.5 Å². The van der Waals surface area contributed by atoms with E-state index in [-0.39, 0.29) is 24.4 Å². The third-order valence-corrected chi connectivity index (χ3v) is 5.43.